The van der Waals surface area contributed by atoms with E-state index in [1.807, 2.05) is 0 Å². The van der Waals surface area contributed by atoms with Gasteiger partial charge in [0.25, 0.3) is 0 Å². The fourth-order valence-electron chi connectivity index (χ4n) is 2.00. The SMILES string of the molecule is CC(CC1CCC1)NCc1ccsc1. The third kappa shape index (κ3) is 2.82. The largest absolute Gasteiger partial charge is 0.310 e. The first-order valence-electron chi connectivity index (χ1n) is 5.59. The highest BCUT2D eigenvalue weighted by atomic mass is 32.1. The van der Waals surface area contributed by atoms with Crippen LogP contribution in [-0.2, 0) is 6.54 Å². The summed E-state index contributed by atoms with van der Waals surface area (Å²) in [5.74, 6) is 1.01. The zero-order valence-electron chi connectivity index (χ0n) is 8.83. The Bertz CT molecular complexity index is 251. The van der Waals surface area contributed by atoms with Gasteiger partial charge < -0.3 is 5.32 Å². The fourth-order valence-corrected chi connectivity index (χ4v) is 2.67. The molecule has 1 saturated carbocycles. The minimum Gasteiger partial charge on any atom is -0.310 e. The van der Waals surface area contributed by atoms with E-state index >= 15 is 0 Å². The molecule has 1 atom stereocenters. The predicted octanol–water partition coefficient (Wildman–Crippen LogP) is 3.42. The molecule has 14 heavy (non-hydrogen) atoms. The van der Waals surface area contributed by atoms with Gasteiger partial charge >= 0.3 is 0 Å². The molecule has 1 heterocycles. The Hall–Kier alpha value is -0.340. The molecule has 1 aromatic rings. The van der Waals surface area contributed by atoms with Crippen LogP contribution in [0.1, 0.15) is 38.2 Å². The van der Waals surface area contributed by atoms with Crippen LogP contribution < -0.4 is 5.32 Å². The van der Waals surface area contributed by atoms with Gasteiger partial charge in [0, 0.05) is 12.6 Å². The van der Waals surface area contributed by atoms with E-state index in [-0.39, 0.29) is 0 Å². The molecular formula is C12H19NS. The molecule has 1 aromatic heterocycles. The van der Waals surface area contributed by atoms with Crippen LogP contribution in [0.3, 0.4) is 0 Å². The van der Waals surface area contributed by atoms with Crippen molar-refractivity contribution in [1.82, 2.24) is 5.32 Å². The summed E-state index contributed by atoms with van der Waals surface area (Å²) >= 11 is 1.78. The fraction of sp³-hybridized carbons (Fsp3) is 0.667. The summed E-state index contributed by atoms with van der Waals surface area (Å²) in [6, 6.07) is 2.88. The van der Waals surface area contributed by atoms with Crippen molar-refractivity contribution in [1.29, 1.82) is 0 Å². The van der Waals surface area contributed by atoms with Gasteiger partial charge in [-0.2, -0.15) is 11.3 Å². The molecule has 1 aliphatic rings. The highest BCUT2D eigenvalue weighted by molar-refractivity contribution is 7.07. The topological polar surface area (TPSA) is 12.0 Å². The maximum Gasteiger partial charge on any atom is 0.0216 e. The second-order valence-corrected chi connectivity index (χ2v) is 5.23. The summed E-state index contributed by atoms with van der Waals surface area (Å²) in [4.78, 5) is 0. The number of hydrogen-bond donors (Lipinski definition) is 1. The molecule has 78 valence electrons. The monoisotopic (exact) mass is 209 g/mol. The Morgan fingerprint density at radius 1 is 1.57 bits per heavy atom. The average Bonchev–Trinajstić information content (AvgIpc) is 2.60. The lowest BCUT2D eigenvalue weighted by Gasteiger charge is -2.28. The zero-order chi connectivity index (χ0) is 9.80. The maximum absolute atomic E-state index is 3.59. The quantitative estimate of drug-likeness (QED) is 0.783. The van der Waals surface area contributed by atoms with E-state index in [0.29, 0.717) is 6.04 Å². The molecule has 1 nitrogen and oxygen atoms in total. The zero-order valence-corrected chi connectivity index (χ0v) is 9.65. The second kappa shape index (κ2) is 4.94. The first kappa shape index (κ1) is 10.2. The van der Waals surface area contributed by atoms with E-state index in [2.05, 4.69) is 29.1 Å². The molecule has 0 bridgehead atoms. The summed E-state index contributed by atoms with van der Waals surface area (Å²) in [6.07, 6.45) is 5.75. The van der Waals surface area contributed by atoms with Gasteiger partial charge in [-0.15, -0.1) is 0 Å². The van der Waals surface area contributed by atoms with Crippen molar-refractivity contribution in [3.8, 4) is 0 Å². The van der Waals surface area contributed by atoms with E-state index < -0.39 is 0 Å². The van der Waals surface area contributed by atoms with Crippen LogP contribution in [0.25, 0.3) is 0 Å². The molecule has 2 rings (SSSR count). The van der Waals surface area contributed by atoms with Crippen molar-refractivity contribution in [2.24, 2.45) is 5.92 Å². The number of hydrogen-bond acceptors (Lipinski definition) is 2. The third-order valence-electron chi connectivity index (χ3n) is 3.15. The summed E-state index contributed by atoms with van der Waals surface area (Å²) in [5, 5.41) is 7.96. The predicted molar refractivity (Wildman–Crippen MR) is 62.6 cm³/mol. The van der Waals surface area contributed by atoms with Gasteiger partial charge in [-0.3, -0.25) is 0 Å². The van der Waals surface area contributed by atoms with E-state index in [1.54, 1.807) is 11.3 Å². The molecule has 1 fully saturated rings. The molecule has 0 amide bonds. The lowest BCUT2D eigenvalue weighted by atomic mass is 9.81. The molecule has 0 radical (unpaired) electrons. The minimum absolute atomic E-state index is 0.681. The van der Waals surface area contributed by atoms with Gasteiger partial charge in [0.2, 0.25) is 0 Å². The number of thiophene rings is 1. The van der Waals surface area contributed by atoms with E-state index in [0.717, 1.165) is 12.5 Å². The average molecular weight is 209 g/mol. The van der Waals surface area contributed by atoms with E-state index in [1.165, 1.54) is 31.2 Å². The third-order valence-corrected chi connectivity index (χ3v) is 3.88. The normalized spacial score (nSPS) is 19.2. The summed E-state index contributed by atoms with van der Waals surface area (Å²) < 4.78 is 0. The molecule has 1 unspecified atom stereocenters. The Morgan fingerprint density at radius 3 is 3.00 bits per heavy atom. The highest BCUT2D eigenvalue weighted by Crippen LogP contribution is 2.30. The van der Waals surface area contributed by atoms with Crippen LogP contribution in [0.15, 0.2) is 16.8 Å². The molecule has 0 saturated heterocycles. The molecular weight excluding hydrogens is 190 g/mol. The highest BCUT2D eigenvalue weighted by Gasteiger charge is 2.19. The molecule has 0 spiro atoms. The van der Waals surface area contributed by atoms with Gasteiger partial charge in [0.05, 0.1) is 0 Å². The Labute approximate surface area is 90.5 Å². The first-order chi connectivity index (χ1) is 6.84. The molecule has 1 aliphatic carbocycles. The minimum atomic E-state index is 0.681. The summed E-state index contributed by atoms with van der Waals surface area (Å²) in [6.45, 7) is 3.35. The lowest BCUT2D eigenvalue weighted by molar-refractivity contribution is 0.265. The van der Waals surface area contributed by atoms with Crippen molar-refractivity contribution in [3.63, 3.8) is 0 Å². The summed E-state index contributed by atoms with van der Waals surface area (Å²) in [5.41, 5.74) is 1.43. The molecule has 2 heteroatoms. The molecule has 0 aliphatic heterocycles. The van der Waals surface area contributed by atoms with Crippen LogP contribution >= 0.6 is 11.3 Å². The van der Waals surface area contributed by atoms with E-state index in [9.17, 15) is 0 Å². The first-order valence-corrected chi connectivity index (χ1v) is 6.53. The number of rotatable bonds is 5. The second-order valence-electron chi connectivity index (χ2n) is 4.45. The Kier molecular flexibility index (Phi) is 3.60. The van der Waals surface area contributed by atoms with Crippen molar-refractivity contribution in [3.05, 3.63) is 22.4 Å². The van der Waals surface area contributed by atoms with Crippen molar-refractivity contribution in [2.75, 3.05) is 0 Å². The van der Waals surface area contributed by atoms with Gasteiger partial charge in [-0.05, 0) is 41.7 Å². The standard InChI is InChI=1S/C12H19NS/c1-10(7-11-3-2-4-11)13-8-12-5-6-14-9-12/h5-6,9-11,13H,2-4,7-8H2,1H3. The van der Waals surface area contributed by atoms with Gasteiger partial charge in [-0.1, -0.05) is 19.3 Å². The smallest absolute Gasteiger partial charge is 0.0216 e. The molecule has 1 N–H and O–H groups in total. The molecule has 0 aromatic carbocycles. The van der Waals surface area contributed by atoms with Crippen LogP contribution in [0.5, 0.6) is 0 Å². The Morgan fingerprint density at radius 2 is 2.43 bits per heavy atom. The van der Waals surface area contributed by atoms with Crippen molar-refractivity contribution in [2.45, 2.75) is 45.2 Å². The summed E-state index contributed by atoms with van der Waals surface area (Å²) in [7, 11) is 0. The number of nitrogens with one attached hydrogen (secondary N) is 1. The maximum atomic E-state index is 3.59. The van der Waals surface area contributed by atoms with Crippen LogP contribution in [0.2, 0.25) is 0 Å². The van der Waals surface area contributed by atoms with Crippen molar-refractivity contribution >= 4 is 11.3 Å². The van der Waals surface area contributed by atoms with Crippen LogP contribution in [0, 0.1) is 5.92 Å². The van der Waals surface area contributed by atoms with Crippen molar-refractivity contribution < 1.29 is 0 Å². The van der Waals surface area contributed by atoms with Gasteiger partial charge in [0.15, 0.2) is 0 Å². The van der Waals surface area contributed by atoms with Gasteiger partial charge in [0.1, 0.15) is 0 Å². The lowest BCUT2D eigenvalue weighted by Crippen LogP contribution is -2.29. The van der Waals surface area contributed by atoms with Crippen LogP contribution in [-0.4, -0.2) is 6.04 Å². The van der Waals surface area contributed by atoms with Crippen LogP contribution in [0.4, 0.5) is 0 Å². The Balaban J connectivity index is 1.64. The van der Waals surface area contributed by atoms with Gasteiger partial charge in [-0.25, -0.2) is 0 Å². The van der Waals surface area contributed by atoms with E-state index in [4.69, 9.17) is 0 Å².